The van der Waals surface area contributed by atoms with E-state index in [9.17, 15) is 0 Å². The smallest absolute Gasteiger partial charge is 0.0534 e. The lowest BCUT2D eigenvalue weighted by Crippen LogP contribution is -2.43. The van der Waals surface area contributed by atoms with E-state index in [1.54, 1.807) is 0 Å². The van der Waals surface area contributed by atoms with Crippen LogP contribution >= 0.6 is 0 Å². The molecule has 18 heavy (non-hydrogen) atoms. The molecule has 1 atom stereocenters. The van der Waals surface area contributed by atoms with Crippen molar-refractivity contribution in [1.82, 2.24) is 5.32 Å². The van der Waals surface area contributed by atoms with Crippen LogP contribution in [-0.2, 0) is 4.74 Å². The standard InChI is InChI=1S/C16H33NO/c1-14(2)17-12-16(10-7-11-18-13-16)9-6-8-15(3,4)5/h14,17H,6-13H2,1-5H3. The minimum absolute atomic E-state index is 0.397. The Kier molecular flexibility index (Phi) is 6.13. The molecule has 1 heterocycles. The van der Waals surface area contributed by atoms with Gasteiger partial charge in [0.2, 0.25) is 0 Å². The van der Waals surface area contributed by atoms with Crippen molar-refractivity contribution < 1.29 is 4.74 Å². The van der Waals surface area contributed by atoms with Gasteiger partial charge in [-0.15, -0.1) is 0 Å². The Hall–Kier alpha value is -0.0800. The lowest BCUT2D eigenvalue weighted by atomic mass is 9.76. The zero-order valence-corrected chi connectivity index (χ0v) is 13.1. The highest BCUT2D eigenvalue weighted by molar-refractivity contribution is 4.85. The fourth-order valence-electron chi connectivity index (χ4n) is 2.75. The molecule has 1 unspecified atom stereocenters. The van der Waals surface area contributed by atoms with Crippen molar-refractivity contribution in [1.29, 1.82) is 0 Å². The third-order valence-corrected chi connectivity index (χ3v) is 3.92. The molecule has 0 saturated carbocycles. The molecule has 0 amide bonds. The van der Waals surface area contributed by atoms with Gasteiger partial charge in [-0.05, 0) is 31.1 Å². The van der Waals surface area contributed by atoms with Crippen LogP contribution in [-0.4, -0.2) is 25.8 Å². The minimum atomic E-state index is 0.397. The van der Waals surface area contributed by atoms with E-state index in [0.717, 1.165) is 19.8 Å². The summed E-state index contributed by atoms with van der Waals surface area (Å²) >= 11 is 0. The summed E-state index contributed by atoms with van der Waals surface area (Å²) in [7, 11) is 0. The average Bonchev–Trinajstić information content (AvgIpc) is 2.26. The topological polar surface area (TPSA) is 21.3 Å². The second-order valence-corrected chi connectivity index (χ2v) is 7.61. The van der Waals surface area contributed by atoms with Gasteiger partial charge in [-0.3, -0.25) is 0 Å². The highest BCUT2D eigenvalue weighted by Crippen LogP contribution is 2.35. The summed E-state index contributed by atoms with van der Waals surface area (Å²) in [6.45, 7) is 14.5. The molecule has 1 rings (SSSR count). The van der Waals surface area contributed by atoms with E-state index in [0.29, 0.717) is 16.9 Å². The maximum Gasteiger partial charge on any atom is 0.0534 e. The monoisotopic (exact) mass is 255 g/mol. The molecular formula is C16H33NO. The zero-order chi connectivity index (χ0) is 13.6. The van der Waals surface area contributed by atoms with Crippen LogP contribution in [0.4, 0.5) is 0 Å². The summed E-state index contributed by atoms with van der Waals surface area (Å²) in [6.07, 6.45) is 6.51. The van der Waals surface area contributed by atoms with E-state index in [2.05, 4.69) is 39.9 Å². The molecular weight excluding hydrogens is 222 g/mol. The van der Waals surface area contributed by atoms with Crippen molar-refractivity contribution >= 4 is 0 Å². The van der Waals surface area contributed by atoms with Crippen molar-refractivity contribution in [3.63, 3.8) is 0 Å². The lowest BCUT2D eigenvalue weighted by Gasteiger charge is -2.38. The average molecular weight is 255 g/mol. The summed E-state index contributed by atoms with van der Waals surface area (Å²) in [4.78, 5) is 0. The van der Waals surface area contributed by atoms with Crippen LogP contribution in [0, 0.1) is 10.8 Å². The Morgan fingerprint density at radius 1 is 1.28 bits per heavy atom. The molecule has 108 valence electrons. The first-order valence-corrected chi connectivity index (χ1v) is 7.64. The fraction of sp³-hybridized carbons (Fsp3) is 1.00. The molecule has 0 aromatic carbocycles. The SMILES string of the molecule is CC(C)NCC1(CCCC(C)(C)C)CCCOC1. The molecule has 2 nitrogen and oxygen atoms in total. The molecule has 0 aliphatic carbocycles. The van der Waals surface area contributed by atoms with Gasteiger partial charge in [0.1, 0.15) is 0 Å². The van der Waals surface area contributed by atoms with Crippen molar-refractivity contribution in [2.75, 3.05) is 19.8 Å². The van der Waals surface area contributed by atoms with Gasteiger partial charge >= 0.3 is 0 Å². The highest BCUT2D eigenvalue weighted by atomic mass is 16.5. The van der Waals surface area contributed by atoms with Gasteiger partial charge in [0.05, 0.1) is 6.61 Å². The number of nitrogens with one attached hydrogen (secondary N) is 1. The van der Waals surface area contributed by atoms with Crippen LogP contribution < -0.4 is 5.32 Å². The van der Waals surface area contributed by atoms with E-state index >= 15 is 0 Å². The van der Waals surface area contributed by atoms with Crippen LogP contribution in [0.15, 0.2) is 0 Å². The maximum absolute atomic E-state index is 5.76. The van der Waals surface area contributed by atoms with Gasteiger partial charge in [-0.1, -0.05) is 41.0 Å². The van der Waals surface area contributed by atoms with Gasteiger partial charge in [-0.2, -0.15) is 0 Å². The molecule has 0 aromatic rings. The molecule has 0 bridgehead atoms. The van der Waals surface area contributed by atoms with E-state index in [-0.39, 0.29) is 0 Å². The van der Waals surface area contributed by atoms with Gasteiger partial charge in [0, 0.05) is 24.6 Å². The Balaban J connectivity index is 2.44. The largest absolute Gasteiger partial charge is 0.381 e. The van der Waals surface area contributed by atoms with Crippen LogP contribution in [0.25, 0.3) is 0 Å². The number of hydrogen-bond acceptors (Lipinski definition) is 2. The molecule has 1 fully saturated rings. The van der Waals surface area contributed by atoms with Gasteiger partial charge in [-0.25, -0.2) is 0 Å². The predicted octanol–water partition coefficient (Wildman–Crippen LogP) is 4.00. The second-order valence-electron chi connectivity index (χ2n) is 7.61. The molecule has 2 heteroatoms. The first kappa shape index (κ1) is 16.0. The van der Waals surface area contributed by atoms with E-state index < -0.39 is 0 Å². The summed E-state index contributed by atoms with van der Waals surface area (Å²) in [5.41, 5.74) is 0.857. The van der Waals surface area contributed by atoms with Gasteiger partial charge < -0.3 is 10.1 Å². The summed E-state index contributed by atoms with van der Waals surface area (Å²) < 4.78 is 5.76. The molecule has 1 aliphatic rings. The van der Waals surface area contributed by atoms with Gasteiger partial charge in [0.25, 0.3) is 0 Å². The van der Waals surface area contributed by atoms with E-state index in [1.165, 1.54) is 32.1 Å². The normalized spacial score (nSPS) is 25.7. The highest BCUT2D eigenvalue weighted by Gasteiger charge is 2.32. The van der Waals surface area contributed by atoms with E-state index in [1.807, 2.05) is 0 Å². The van der Waals surface area contributed by atoms with E-state index in [4.69, 9.17) is 4.74 Å². The Morgan fingerprint density at radius 2 is 2.00 bits per heavy atom. The lowest BCUT2D eigenvalue weighted by molar-refractivity contribution is -0.0151. The minimum Gasteiger partial charge on any atom is -0.381 e. The molecule has 0 spiro atoms. The quantitative estimate of drug-likeness (QED) is 0.774. The molecule has 0 radical (unpaired) electrons. The van der Waals surface area contributed by atoms with Crippen molar-refractivity contribution in [3.8, 4) is 0 Å². The zero-order valence-electron chi connectivity index (χ0n) is 13.1. The predicted molar refractivity (Wildman–Crippen MR) is 78.9 cm³/mol. The second kappa shape index (κ2) is 6.91. The Labute approximate surface area is 114 Å². The van der Waals surface area contributed by atoms with Crippen LogP contribution in [0.3, 0.4) is 0 Å². The molecule has 1 saturated heterocycles. The van der Waals surface area contributed by atoms with Crippen molar-refractivity contribution in [2.24, 2.45) is 10.8 Å². The van der Waals surface area contributed by atoms with Crippen LogP contribution in [0.2, 0.25) is 0 Å². The molecule has 1 aliphatic heterocycles. The molecule has 1 N–H and O–H groups in total. The van der Waals surface area contributed by atoms with Gasteiger partial charge in [0.15, 0.2) is 0 Å². The maximum atomic E-state index is 5.76. The summed E-state index contributed by atoms with van der Waals surface area (Å²) in [5.74, 6) is 0. The van der Waals surface area contributed by atoms with Crippen LogP contribution in [0.1, 0.15) is 66.7 Å². The molecule has 0 aromatic heterocycles. The first-order valence-electron chi connectivity index (χ1n) is 7.64. The first-order chi connectivity index (χ1) is 8.33. The third-order valence-electron chi connectivity index (χ3n) is 3.92. The Morgan fingerprint density at radius 3 is 2.50 bits per heavy atom. The van der Waals surface area contributed by atoms with Crippen molar-refractivity contribution in [2.45, 2.75) is 72.8 Å². The number of rotatable bonds is 6. The number of ether oxygens (including phenoxy) is 1. The number of hydrogen-bond donors (Lipinski definition) is 1. The van der Waals surface area contributed by atoms with Crippen LogP contribution in [0.5, 0.6) is 0 Å². The summed E-state index contributed by atoms with van der Waals surface area (Å²) in [6, 6.07) is 0.575. The third kappa shape index (κ3) is 6.19. The summed E-state index contributed by atoms with van der Waals surface area (Å²) in [5, 5.41) is 3.62. The van der Waals surface area contributed by atoms with Crippen molar-refractivity contribution in [3.05, 3.63) is 0 Å². The fourth-order valence-corrected chi connectivity index (χ4v) is 2.75. The Bertz CT molecular complexity index is 224.